The average Bonchev–Trinajstić information content (AvgIpc) is 3.00. The van der Waals surface area contributed by atoms with Crippen LogP contribution in [0.25, 0.3) is 0 Å². The van der Waals surface area contributed by atoms with E-state index in [0.29, 0.717) is 12.8 Å². The minimum atomic E-state index is -5.10. The van der Waals surface area contributed by atoms with Crippen LogP contribution >= 0.6 is 0 Å². The lowest BCUT2D eigenvalue weighted by molar-refractivity contribution is -0.185. The van der Waals surface area contributed by atoms with Gasteiger partial charge in [-0.05, 0) is 18.8 Å². The van der Waals surface area contributed by atoms with Gasteiger partial charge >= 0.3 is 18.1 Å². The monoisotopic (exact) mass is 269 g/mol. The number of nitrogens with zero attached hydrogens (tertiary/aromatic N) is 1. The van der Waals surface area contributed by atoms with Gasteiger partial charge in [-0.3, -0.25) is 4.79 Å². The van der Waals surface area contributed by atoms with E-state index in [1.165, 1.54) is 0 Å². The molecule has 0 spiro atoms. The van der Waals surface area contributed by atoms with Gasteiger partial charge in [-0.1, -0.05) is 0 Å². The molecule has 4 nitrogen and oxygen atoms in total. The van der Waals surface area contributed by atoms with Gasteiger partial charge in [-0.15, -0.1) is 0 Å². The summed E-state index contributed by atoms with van der Waals surface area (Å²) in [5.74, 6) is -5.25. The van der Waals surface area contributed by atoms with Crippen LogP contribution in [0.2, 0.25) is 0 Å². The Morgan fingerprint density at radius 2 is 1.83 bits per heavy atom. The van der Waals surface area contributed by atoms with E-state index in [4.69, 9.17) is 5.11 Å². The lowest BCUT2D eigenvalue weighted by atomic mass is 9.89. The summed E-state index contributed by atoms with van der Waals surface area (Å²) in [4.78, 5) is 22.2. The smallest absolute Gasteiger partial charge is 0.471 e. The number of likely N-dealkylation sites (tertiary alicyclic amines) is 1. The van der Waals surface area contributed by atoms with Crippen molar-refractivity contribution >= 4 is 11.9 Å². The summed E-state index contributed by atoms with van der Waals surface area (Å²) in [5.41, 5.74) is -2.76. The van der Waals surface area contributed by atoms with Crippen molar-refractivity contribution in [2.45, 2.75) is 24.7 Å². The lowest BCUT2D eigenvalue weighted by Crippen LogP contribution is -2.45. The molecular weight excluding hydrogens is 258 g/mol. The molecule has 0 aromatic heterocycles. The molecule has 0 bridgehead atoms. The minimum Gasteiger partial charge on any atom is -0.479 e. The fourth-order valence-corrected chi connectivity index (χ4v) is 2.42. The number of hydrogen-bond donors (Lipinski definition) is 1. The van der Waals surface area contributed by atoms with Crippen molar-refractivity contribution in [2.24, 2.45) is 11.8 Å². The molecule has 8 heteroatoms. The van der Waals surface area contributed by atoms with Crippen molar-refractivity contribution in [3.63, 3.8) is 0 Å². The van der Waals surface area contributed by atoms with E-state index in [0.717, 1.165) is 0 Å². The van der Waals surface area contributed by atoms with E-state index in [9.17, 15) is 27.2 Å². The van der Waals surface area contributed by atoms with Crippen molar-refractivity contribution in [3.8, 4) is 0 Å². The van der Waals surface area contributed by atoms with Crippen LogP contribution in [-0.2, 0) is 9.59 Å². The van der Waals surface area contributed by atoms with Crippen LogP contribution in [0.3, 0.4) is 0 Å². The molecule has 18 heavy (non-hydrogen) atoms. The second kappa shape index (κ2) is 3.83. The Balaban J connectivity index is 2.20. The van der Waals surface area contributed by atoms with Gasteiger partial charge in [0.15, 0.2) is 0 Å². The van der Waals surface area contributed by atoms with Gasteiger partial charge in [-0.25, -0.2) is 9.18 Å². The highest BCUT2D eigenvalue weighted by molar-refractivity contribution is 5.85. The van der Waals surface area contributed by atoms with Gasteiger partial charge in [0.05, 0.1) is 6.54 Å². The van der Waals surface area contributed by atoms with Gasteiger partial charge in [0, 0.05) is 12.5 Å². The first-order valence-corrected chi connectivity index (χ1v) is 5.44. The minimum absolute atomic E-state index is 0.239. The summed E-state index contributed by atoms with van der Waals surface area (Å²) in [6.45, 7) is -1.51. The standard InChI is InChI=1S/C10H11F4NO3/c11-9(8(17)18)4-15(7(16)10(12,13)14)3-6(9)5-1-2-5/h5-6H,1-4H2,(H,17,18). The summed E-state index contributed by atoms with van der Waals surface area (Å²) >= 11 is 0. The molecular formula is C10H11F4NO3. The molecule has 0 aromatic carbocycles. The Bertz CT molecular complexity index is 393. The maximum Gasteiger partial charge on any atom is 0.471 e. The van der Waals surface area contributed by atoms with Crippen LogP contribution in [0, 0.1) is 11.8 Å². The third-order valence-electron chi connectivity index (χ3n) is 3.50. The maximum atomic E-state index is 14.2. The first-order chi connectivity index (χ1) is 8.16. The van der Waals surface area contributed by atoms with Crippen LogP contribution in [0.4, 0.5) is 17.6 Å². The molecule has 1 aliphatic heterocycles. The highest BCUT2D eigenvalue weighted by Gasteiger charge is 2.61. The van der Waals surface area contributed by atoms with Gasteiger partial charge in [0.2, 0.25) is 5.67 Å². The number of carboxylic acids is 1. The summed E-state index contributed by atoms with van der Waals surface area (Å²) in [5, 5.41) is 8.83. The van der Waals surface area contributed by atoms with E-state index in [2.05, 4.69) is 0 Å². The molecule has 1 N–H and O–H groups in total. The fourth-order valence-electron chi connectivity index (χ4n) is 2.42. The maximum absolute atomic E-state index is 14.2. The molecule has 1 heterocycles. The van der Waals surface area contributed by atoms with Crippen molar-refractivity contribution < 1.29 is 32.3 Å². The first-order valence-electron chi connectivity index (χ1n) is 5.44. The molecule has 102 valence electrons. The third kappa shape index (κ3) is 2.04. The van der Waals surface area contributed by atoms with Gasteiger partial charge < -0.3 is 10.0 Å². The largest absolute Gasteiger partial charge is 0.479 e. The molecule has 2 aliphatic rings. The lowest BCUT2D eigenvalue weighted by Gasteiger charge is -2.20. The van der Waals surface area contributed by atoms with E-state index >= 15 is 0 Å². The van der Waals surface area contributed by atoms with Crippen LogP contribution in [0.5, 0.6) is 0 Å². The van der Waals surface area contributed by atoms with Crippen molar-refractivity contribution in [2.75, 3.05) is 13.1 Å². The molecule has 2 fully saturated rings. The van der Waals surface area contributed by atoms with E-state index in [-0.39, 0.29) is 10.8 Å². The SMILES string of the molecule is O=C(N1CC(C2CC2)C(F)(C(=O)O)C1)C(F)(F)F. The van der Waals surface area contributed by atoms with E-state index in [1.807, 2.05) is 0 Å². The number of halogens is 4. The zero-order valence-corrected chi connectivity index (χ0v) is 9.21. The number of carbonyl (C=O) groups is 2. The highest BCUT2D eigenvalue weighted by atomic mass is 19.4. The van der Waals surface area contributed by atoms with Gasteiger partial charge in [0.1, 0.15) is 0 Å². The van der Waals surface area contributed by atoms with Crippen LogP contribution in [0.1, 0.15) is 12.8 Å². The Kier molecular flexibility index (Phi) is 2.78. The molecule has 2 unspecified atom stereocenters. The average molecular weight is 269 g/mol. The second-order valence-corrected chi connectivity index (χ2v) is 4.79. The molecule has 1 saturated carbocycles. The number of aliphatic carboxylic acids is 1. The number of alkyl halides is 4. The second-order valence-electron chi connectivity index (χ2n) is 4.79. The number of hydrogen-bond acceptors (Lipinski definition) is 2. The van der Waals surface area contributed by atoms with Gasteiger partial charge in [0.25, 0.3) is 0 Å². The zero-order valence-electron chi connectivity index (χ0n) is 9.21. The van der Waals surface area contributed by atoms with E-state index in [1.54, 1.807) is 0 Å². The number of carbonyl (C=O) groups excluding carboxylic acids is 1. The summed E-state index contributed by atoms with van der Waals surface area (Å²) in [6, 6.07) is 0. The molecule has 2 atom stereocenters. The number of rotatable bonds is 2. The predicted octanol–water partition coefficient (Wildman–Crippen LogP) is 1.21. The highest BCUT2D eigenvalue weighted by Crippen LogP contribution is 2.48. The quantitative estimate of drug-likeness (QED) is 0.766. The topological polar surface area (TPSA) is 57.6 Å². The first kappa shape index (κ1) is 13.1. The fraction of sp³-hybridized carbons (Fsp3) is 0.800. The molecule has 1 saturated heterocycles. The molecule has 1 aliphatic carbocycles. The Morgan fingerprint density at radius 3 is 2.22 bits per heavy atom. The van der Waals surface area contributed by atoms with Crippen LogP contribution in [-0.4, -0.2) is 46.8 Å². The summed E-state index contributed by atoms with van der Waals surface area (Å²) in [6.07, 6.45) is -3.91. The molecule has 0 aromatic rings. The summed E-state index contributed by atoms with van der Waals surface area (Å²) < 4.78 is 50.9. The Labute approximate surface area is 99.6 Å². The summed E-state index contributed by atoms with van der Waals surface area (Å²) in [7, 11) is 0. The Hall–Kier alpha value is -1.34. The van der Waals surface area contributed by atoms with Crippen LogP contribution in [0.15, 0.2) is 0 Å². The Morgan fingerprint density at radius 1 is 1.28 bits per heavy atom. The zero-order chi connectivity index (χ0) is 13.7. The van der Waals surface area contributed by atoms with Crippen LogP contribution < -0.4 is 0 Å². The molecule has 2 rings (SSSR count). The number of carboxylic acid groups (broad SMARTS) is 1. The molecule has 0 radical (unpaired) electrons. The van der Waals surface area contributed by atoms with E-state index < -0.39 is 42.7 Å². The number of amides is 1. The van der Waals surface area contributed by atoms with Gasteiger partial charge in [-0.2, -0.15) is 13.2 Å². The van der Waals surface area contributed by atoms with Crippen molar-refractivity contribution in [1.29, 1.82) is 0 Å². The third-order valence-corrected chi connectivity index (χ3v) is 3.50. The normalized spacial score (nSPS) is 32.7. The van der Waals surface area contributed by atoms with Crippen molar-refractivity contribution in [3.05, 3.63) is 0 Å². The predicted molar refractivity (Wildman–Crippen MR) is 50.3 cm³/mol. The van der Waals surface area contributed by atoms with Crippen molar-refractivity contribution in [1.82, 2.24) is 4.90 Å². The molecule has 1 amide bonds.